The molecule has 0 radical (unpaired) electrons. The van der Waals surface area contributed by atoms with Crippen molar-refractivity contribution in [2.75, 3.05) is 0 Å². The summed E-state index contributed by atoms with van der Waals surface area (Å²) in [6.45, 7) is 3.91. The van der Waals surface area contributed by atoms with Crippen molar-refractivity contribution in [2.45, 2.75) is 36.4 Å². The molecule has 19 heavy (non-hydrogen) atoms. The monoisotopic (exact) mass is 296 g/mol. The van der Waals surface area contributed by atoms with E-state index in [4.69, 9.17) is 17.3 Å². The molecule has 0 spiro atoms. The molecule has 0 aliphatic rings. The van der Waals surface area contributed by atoms with E-state index in [1.807, 2.05) is 37.6 Å². The Morgan fingerprint density at radius 3 is 2.74 bits per heavy atom. The smallest absolute Gasteiger partial charge is 0.195 e. The van der Waals surface area contributed by atoms with Gasteiger partial charge < -0.3 is 10.3 Å². The van der Waals surface area contributed by atoms with Gasteiger partial charge >= 0.3 is 0 Å². The van der Waals surface area contributed by atoms with Crippen LogP contribution >= 0.6 is 23.4 Å². The van der Waals surface area contributed by atoms with Crippen LogP contribution in [0.1, 0.15) is 18.3 Å². The lowest BCUT2D eigenvalue weighted by atomic mass is 10.1. The number of nitrogens with zero attached hydrogens (tertiary/aromatic N) is 3. The summed E-state index contributed by atoms with van der Waals surface area (Å²) in [5, 5.41) is 9.77. The van der Waals surface area contributed by atoms with Crippen LogP contribution in [0, 0.1) is 6.92 Å². The number of hydrogen-bond donors (Lipinski definition) is 1. The van der Waals surface area contributed by atoms with E-state index in [-0.39, 0.29) is 6.04 Å². The second kappa shape index (κ2) is 5.94. The fraction of sp³-hybridized carbons (Fsp3) is 0.385. The van der Waals surface area contributed by atoms with Gasteiger partial charge in [-0.05, 0) is 43.7 Å². The fourth-order valence-corrected chi connectivity index (χ4v) is 3.03. The van der Waals surface area contributed by atoms with Crippen molar-refractivity contribution in [1.82, 2.24) is 14.8 Å². The number of rotatable bonds is 4. The molecule has 2 rings (SSSR count). The van der Waals surface area contributed by atoms with Crippen LogP contribution < -0.4 is 5.73 Å². The molecule has 102 valence electrons. The summed E-state index contributed by atoms with van der Waals surface area (Å²) in [7, 11) is 1.94. The van der Waals surface area contributed by atoms with E-state index in [1.165, 1.54) is 11.8 Å². The minimum absolute atomic E-state index is 0.0963. The molecule has 6 heteroatoms. The van der Waals surface area contributed by atoms with Gasteiger partial charge in [0.25, 0.3) is 0 Å². The third kappa shape index (κ3) is 3.29. The molecule has 4 nitrogen and oxygen atoms in total. The van der Waals surface area contributed by atoms with Crippen molar-refractivity contribution in [1.29, 1.82) is 0 Å². The van der Waals surface area contributed by atoms with Gasteiger partial charge in [-0.1, -0.05) is 23.7 Å². The standard InChI is InChI=1S/C13H17ClN4S/c1-8(15)7-10-5-4-6-11(14)12(10)19-13-17-16-9(2)18(13)3/h4-6,8H,7,15H2,1-3H3. The van der Waals surface area contributed by atoms with Crippen molar-refractivity contribution in [2.24, 2.45) is 12.8 Å². The number of halogens is 1. The van der Waals surface area contributed by atoms with E-state index in [9.17, 15) is 0 Å². The molecule has 0 aliphatic heterocycles. The van der Waals surface area contributed by atoms with Gasteiger partial charge in [-0.25, -0.2) is 0 Å². The number of nitrogens with two attached hydrogens (primary N) is 1. The Labute approximate surface area is 122 Å². The van der Waals surface area contributed by atoms with Crippen LogP contribution in [0.25, 0.3) is 0 Å². The molecule has 1 heterocycles. The number of hydrogen-bond acceptors (Lipinski definition) is 4. The molecule has 2 aromatic rings. The maximum Gasteiger partial charge on any atom is 0.195 e. The summed E-state index contributed by atoms with van der Waals surface area (Å²) >= 11 is 7.83. The van der Waals surface area contributed by atoms with Crippen LogP contribution in [-0.4, -0.2) is 20.8 Å². The van der Waals surface area contributed by atoms with Crippen molar-refractivity contribution < 1.29 is 0 Å². The first kappa shape index (κ1) is 14.4. The lowest BCUT2D eigenvalue weighted by molar-refractivity contribution is 0.728. The average molecular weight is 297 g/mol. The minimum atomic E-state index is 0.0963. The predicted octanol–water partition coefficient (Wildman–Crippen LogP) is 2.82. The number of aromatic nitrogens is 3. The summed E-state index contributed by atoms with van der Waals surface area (Å²) in [5.74, 6) is 0.878. The van der Waals surface area contributed by atoms with E-state index in [0.29, 0.717) is 0 Å². The van der Waals surface area contributed by atoms with E-state index in [1.54, 1.807) is 0 Å². The SMILES string of the molecule is Cc1nnc(Sc2c(Cl)cccc2CC(C)N)n1C. The summed E-state index contributed by atoms with van der Waals surface area (Å²) in [6, 6.07) is 5.99. The van der Waals surface area contributed by atoms with E-state index < -0.39 is 0 Å². The van der Waals surface area contributed by atoms with Gasteiger partial charge in [0, 0.05) is 18.0 Å². The Hall–Kier alpha value is -1.04. The molecular weight excluding hydrogens is 280 g/mol. The zero-order valence-corrected chi connectivity index (χ0v) is 12.8. The molecule has 1 atom stereocenters. The minimum Gasteiger partial charge on any atom is -0.328 e. The Morgan fingerprint density at radius 1 is 1.42 bits per heavy atom. The van der Waals surface area contributed by atoms with Gasteiger partial charge in [0.2, 0.25) is 0 Å². The highest BCUT2D eigenvalue weighted by Gasteiger charge is 2.14. The van der Waals surface area contributed by atoms with E-state index in [2.05, 4.69) is 16.3 Å². The molecular formula is C13H17ClN4S. The highest BCUT2D eigenvalue weighted by Crippen LogP contribution is 2.35. The Bertz CT molecular complexity index is 580. The Morgan fingerprint density at radius 2 is 2.16 bits per heavy atom. The largest absolute Gasteiger partial charge is 0.328 e. The second-order valence-corrected chi connectivity index (χ2v) is 5.99. The predicted molar refractivity (Wildman–Crippen MR) is 78.7 cm³/mol. The van der Waals surface area contributed by atoms with Gasteiger partial charge in [-0.15, -0.1) is 10.2 Å². The van der Waals surface area contributed by atoms with Crippen LogP contribution in [0.5, 0.6) is 0 Å². The van der Waals surface area contributed by atoms with E-state index in [0.717, 1.165) is 32.9 Å². The van der Waals surface area contributed by atoms with Crippen LogP contribution in [0.4, 0.5) is 0 Å². The van der Waals surface area contributed by atoms with Crippen LogP contribution in [-0.2, 0) is 13.5 Å². The first-order chi connectivity index (χ1) is 8.99. The second-order valence-electron chi connectivity index (χ2n) is 4.60. The third-order valence-corrected chi connectivity index (χ3v) is 4.49. The molecule has 0 fully saturated rings. The Kier molecular flexibility index (Phi) is 4.50. The average Bonchev–Trinajstić information content (AvgIpc) is 2.64. The molecule has 0 amide bonds. The maximum atomic E-state index is 6.30. The third-order valence-electron chi connectivity index (χ3n) is 2.84. The summed E-state index contributed by atoms with van der Waals surface area (Å²) < 4.78 is 1.95. The van der Waals surface area contributed by atoms with Crippen molar-refractivity contribution in [3.63, 3.8) is 0 Å². The van der Waals surface area contributed by atoms with Gasteiger partial charge in [0.1, 0.15) is 5.82 Å². The number of aryl methyl sites for hydroxylation is 1. The topological polar surface area (TPSA) is 56.7 Å². The summed E-state index contributed by atoms with van der Waals surface area (Å²) in [4.78, 5) is 1.01. The highest BCUT2D eigenvalue weighted by molar-refractivity contribution is 7.99. The molecule has 2 N–H and O–H groups in total. The van der Waals surface area contributed by atoms with Crippen molar-refractivity contribution in [3.8, 4) is 0 Å². The number of benzene rings is 1. The normalized spacial score (nSPS) is 12.7. The van der Waals surface area contributed by atoms with Crippen LogP contribution in [0.3, 0.4) is 0 Å². The van der Waals surface area contributed by atoms with Gasteiger partial charge in [-0.3, -0.25) is 0 Å². The molecule has 1 aromatic heterocycles. The van der Waals surface area contributed by atoms with Gasteiger partial charge in [0.15, 0.2) is 5.16 Å². The summed E-state index contributed by atoms with van der Waals surface area (Å²) in [5.41, 5.74) is 7.03. The first-order valence-corrected chi connectivity index (χ1v) is 7.25. The van der Waals surface area contributed by atoms with Crippen molar-refractivity contribution in [3.05, 3.63) is 34.6 Å². The first-order valence-electron chi connectivity index (χ1n) is 6.06. The zero-order valence-electron chi connectivity index (χ0n) is 11.2. The van der Waals surface area contributed by atoms with Crippen LogP contribution in [0.15, 0.2) is 28.3 Å². The lowest BCUT2D eigenvalue weighted by Crippen LogP contribution is -2.18. The maximum absolute atomic E-state index is 6.30. The van der Waals surface area contributed by atoms with Gasteiger partial charge in [-0.2, -0.15) is 0 Å². The molecule has 0 bridgehead atoms. The van der Waals surface area contributed by atoms with Crippen molar-refractivity contribution >= 4 is 23.4 Å². The fourth-order valence-electron chi connectivity index (χ4n) is 1.74. The molecule has 1 unspecified atom stereocenters. The molecule has 0 aliphatic carbocycles. The Balaban J connectivity index is 2.36. The summed E-state index contributed by atoms with van der Waals surface area (Å²) in [6.07, 6.45) is 0.791. The molecule has 0 saturated heterocycles. The molecule has 0 saturated carbocycles. The quantitative estimate of drug-likeness (QED) is 0.942. The highest BCUT2D eigenvalue weighted by atomic mass is 35.5. The van der Waals surface area contributed by atoms with Crippen LogP contribution in [0.2, 0.25) is 5.02 Å². The zero-order chi connectivity index (χ0) is 14.0. The molecule has 1 aromatic carbocycles. The van der Waals surface area contributed by atoms with E-state index >= 15 is 0 Å². The lowest BCUT2D eigenvalue weighted by Gasteiger charge is -2.12. The van der Waals surface area contributed by atoms with Gasteiger partial charge in [0.05, 0.1) is 5.02 Å².